The van der Waals surface area contributed by atoms with Crippen molar-refractivity contribution in [3.63, 3.8) is 0 Å². The molecule has 1 aliphatic rings. The first-order chi connectivity index (χ1) is 12.7. The van der Waals surface area contributed by atoms with Gasteiger partial charge in [-0.05, 0) is 59.6 Å². The Morgan fingerprint density at radius 2 is 2.23 bits per heavy atom. The summed E-state index contributed by atoms with van der Waals surface area (Å²) >= 11 is 1.74. The fourth-order valence-corrected chi connectivity index (χ4v) is 3.29. The van der Waals surface area contributed by atoms with Gasteiger partial charge in [0.2, 0.25) is 5.88 Å². The summed E-state index contributed by atoms with van der Waals surface area (Å²) in [5.41, 5.74) is 2.44. The number of ether oxygens (including phenoxy) is 1. The molecule has 0 saturated heterocycles. The highest BCUT2D eigenvalue weighted by atomic mass is 32.1. The van der Waals surface area contributed by atoms with Crippen molar-refractivity contribution < 1.29 is 4.74 Å². The van der Waals surface area contributed by atoms with Crippen LogP contribution in [-0.2, 0) is 6.54 Å². The number of hydrogen-bond acceptors (Lipinski definition) is 4. The summed E-state index contributed by atoms with van der Waals surface area (Å²) in [6, 6.07) is 6.15. The maximum Gasteiger partial charge on any atom is 0.213 e. The number of thiophene rings is 1. The second-order valence-electron chi connectivity index (χ2n) is 6.79. The van der Waals surface area contributed by atoms with Crippen LogP contribution in [-0.4, -0.2) is 30.6 Å². The van der Waals surface area contributed by atoms with Crippen LogP contribution in [0.1, 0.15) is 43.7 Å². The van der Waals surface area contributed by atoms with Gasteiger partial charge in [-0.15, -0.1) is 0 Å². The average molecular weight is 373 g/mol. The number of aromatic nitrogens is 1. The number of guanidine groups is 1. The Bertz CT molecular complexity index is 680. The molecule has 2 aromatic heterocycles. The largest absolute Gasteiger partial charge is 0.477 e. The van der Waals surface area contributed by atoms with Gasteiger partial charge in [0.15, 0.2) is 5.96 Å². The van der Waals surface area contributed by atoms with Crippen molar-refractivity contribution >= 4 is 17.3 Å². The molecule has 1 unspecified atom stereocenters. The van der Waals surface area contributed by atoms with Crippen molar-refractivity contribution in [2.45, 2.75) is 39.2 Å². The highest BCUT2D eigenvalue weighted by molar-refractivity contribution is 7.07. The number of nitrogens with zero attached hydrogens (tertiary/aromatic N) is 2. The number of nitrogens with one attached hydrogen (secondary N) is 2. The van der Waals surface area contributed by atoms with Crippen molar-refractivity contribution in [3.8, 4) is 5.88 Å². The number of rotatable bonds is 9. The normalized spacial score (nSPS) is 15.5. The van der Waals surface area contributed by atoms with Gasteiger partial charge in [0.1, 0.15) is 0 Å². The van der Waals surface area contributed by atoms with Crippen molar-refractivity contribution in [2.24, 2.45) is 10.9 Å². The van der Waals surface area contributed by atoms with Crippen molar-refractivity contribution in [1.29, 1.82) is 0 Å². The topological polar surface area (TPSA) is 58.5 Å². The lowest BCUT2D eigenvalue weighted by molar-refractivity contribution is 0.288. The van der Waals surface area contributed by atoms with E-state index in [0.717, 1.165) is 37.1 Å². The zero-order chi connectivity index (χ0) is 18.2. The Morgan fingerprint density at radius 1 is 1.35 bits per heavy atom. The van der Waals surface area contributed by atoms with Crippen molar-refractivity contribution in [1.82, 2.24) is 15.6 Å². The standard InChI is InChI=1S/C20H28N4OS/c1-3-21-20(23-10-15(2)18-8-9-26-14-18)24-12-17-6-7-19(22-11-17)25-13-16-4-5-16/h6-9,11,14-16H,3-5,10,12-13H2,1-2H3,(H2,21,23,24). The number of hydrogen-bond donors (Lipinski definition) is 2. The van der Waals surface area contributed by atoms with E-state index in [1.165, 1.54) is 18.4 Å². The second kappa shape index (κ2) is 9.57. The maximum absolute atomic E-state index is 5.68. The van der Waals surface area contributed by atoms with E-state index < -0.39 is 0 Å². The van der Waals surface area contributed by atoms with Crippen LogP contribution in [0.3, 0.4) is 0 Å². The van der Waals surface area contributed by atoms with E-state index in [1.807, 2.05) is 18.3 Å². The molecule has 2 N–H and O–H groups in total. The minimum absolute atomic E-state index is 0.453. The van der Waals surface area contributed by atoms with Gasteiger partial charge in [-0.1, -0.05) is 13.0 Å². The van der Waals surface area contributed by atoms with Gasteiger partial charge in [-0.2, -0.15) is 11.3 Å². The molecule has 1 aliphatic carbocycles. The van der Waals surface area contributed by atoms with Gasteiger partial charge >= 0.3 is 0 Å². The summed E-state index contributed by atoms with van der Waals surface area (Å²) in [5, 5.41) is 11.1. The first-order valence-electron chi connectivity index (χ1n) is 9.36. The second-order valence-corrected chi connectivity index (χ2v) is 7.57. The third-order valence-electron chi connectivity index (χ3n) is 4.41. The van der Waals surface area contributed by atoms with Crippen LogP contribution in [0.15, 0.2) is 40.1 Å². The smallest absolute Gasteiger partial charge is 0.213 e. The lowest BCUT2D eigenvalue weighted by Gasteiger charge is -2.15. The molecule has 140 valence electrons. The van der Waals surface area contributed by atoms with E-state index in [1.54, 1.807) is 11.3 Å². The molecule has 2 heterocycles. The van der Waals surface area contributed by atoms with E-state index in [4.69, 9.17) is 4.74 Å². The monoisotopic (exact) mass is 372 g/mol. The first kappa shape index (κ1) is 18.7. The quantitative estimate of drug-likeness (QED) is 0.519. The third kappa shape index (κ3) is 6.02. The molecule has 5 nitrogen and oxygen atoms in total. The van der Waals surface area contributed by atoms with Gasteiger partial charge in [-0.25, -0.2) is 9.98 Å². The Morgan fingerprint density at radius 3 is 2.88 bits per heavy atom. The molecule has 1 atom stereocenters. The molecule has 2 aromatic rings. The SMILES string of the molecule is CCNC(=NCc1ccc(OCC2CC2)nc1)NCC(C)c1ccsc1. The highest BCUT2D eigenvalue weighted by Crippen LogP contribution is 2.29. The van der Waals surface area contributed by atoms with Gasteiger partial charge in [0.25, 0.3) is 0 Å². The molecule has 6 heteroatoms. The minimum Gasteiger partial charge on any atom is -0.477 e. The molecule has 1 saturated carbocycles. The van der Waals surface area contributed by atoms with Crippen LogP contribution in [0, 0.1) is 5.92 Å². The molecule has 0 aromatic carbocycles. The average Bonchev–Trinajstić information content (AvgIpc) is 3.33. The van der Waals surface area contributed by atoms with Gasteiger partial charge < -0.3 is 15.4 Å². The summed E-state index contributed by atoms with van der Waals surface area (Å²) in [7, 11) is 0. The molecule has 0 aliphatic heterocycles. The minimum atomic E-state index is 0.453. The summed E-state index contributed by atoms with van der Waals surface area (Å²) in [4.78, 5) is 9.05. The number of aliphatic imine (C=N–C) groups is 1. The first-order valence-corrected chi connectivity index (χ1v) is 10.3. The van der Waals surface area contributed by atoms with Crippen LogP contribution < -0.4 is 15.4 Å². The fraction of sp³-hybridized carbons (Fsp3) is 0.500. The Hall–Kier alpha value is -2.08. The Labute approximate surface area is 159 Å². The number of pyridine rings is 1. The molecular formula is C20H28N4OS. The zero-order valence-corrected chi connectivity index (χ0v) is 16.4. The van der Waals surface area contributed by atoms with E-state index in [-0.39, 0.29) is 0 Å². The van der Waals surface area contributed by atoms with Gasteiger partial charge in [-0.3, -0.25) is 0 Å². The van der Waals surface area contributed by atoms with Gasteiger partial charge in [0.05, 0.1) is 13.2 Å². The molecule has 26 heavy (non-hydrogen) atoms. The lowest BCUT2D eigenvalue weighted by Crippen LogP contribution is -2.39. The van der Waals surface area contributed by atoms with Crippen LogP contribution in [0.2, 0.25) is 0 Å². The highest BCUT2D eigenvalue weighted by Gasteiger charge is 2.22. The molecule has 0 radical (unpaired) electrons. The third-order valence-corrected chi connectivity index (χ3v) is 5.11. The van der Waals surface area contributed by atoms with Crippen LogP contribution >= 0.6 is 11.3 Å². The van der Waals surface area contributed by atoms with E-state index in [0.29, 0.717) is 18.3 Å². The van der Waals surface area contributed by atoms with E-state index >= 15 is 0 Å². The summed E-state index contributed by atoms with van der Waals surface area (Å²) in [6.07, 6.45) is 4.43. The van der Waals surface area contributed by atoms with Crippen molar-refractivity contribution in [3.05, 3.63) is 46.3 Å². The molecule has 0 bridgehead atoms. The molecule has 3 rings (SSSR count). The van der Waals surface area contributed by atoms with Crippen LogP contribution in [0.4, 0.5) is 0 Å². The lowest BCUT2D eigenvalue weighted by atomic mass is 10.1. The molecule has 0 spiro atoms. The summed E-state index contributed by atoms with van der Waals surface area (Å²) in [5.74, 6) is 2.74. The van der Waals surface area contributed by atoms with E-state index in [9.17, 15) is 0 Å². The molecular weight excluding hydrogens is 344 g/mol. The summed E-state index contributed by atoms with van der Waals surface area (Å²) in [6.45, 7) is 7.38. The molecule has 0 amide bonds. The van der Waals surface area contributed by atoms with Gasteiger partial charge in [0, 0.05) is 25.4 Å². The maximum atomic E-state index is 5.68. The molecule has 1 fully saturated rings. The predicted octanol–water partition coefficient (Wildman–Crippen LogP) is 3.79. The van der Waals surface area contributed by atoms with Crippen molar-refractivity contribution in [2.75, 3.05) is 19.7 Å². The Balaban J connectivity index is 1.49. The van der Waals surface area contributed by atoms with E-state index in [2.05, 4.69) is 51.3 Å². The Kier molecular flexibility index (Phi) is 6.89. The fourth-order valence-electron chi connectivity index (χ4n) is 2.51. The summed E-state index contributed by atoms with van der Waals surface area (Å²) < 4.78 is 5.68. The zero-order valence-electron chi connectivity index (χ0n) is 15.6. The predicted molar refractivity (Wildman–Crippen MR) is 108 cm³/mol. The van der Waals surface area contributed by atoms with Crippen LogP contribution in [0.5, 0.6) is 5.88 Å². The van der Waals surface area contributed by atoms with Crippen LogP contribution in [0.25, 0.3) is 0 Å².